The number of aromatic nitrogens is 2. The van der Waals surface area contributed by atoms with Crippen LogP contribution in [0.1, 0.15) is 0 Å². The molecule has 1 heterocycles. The molecule has 2 rings (SSSR count). The lowest BCUT2D eigenvalue weighted by atomic mass is 10.3. The number of rotatable bonds is 1. The number of para-hydroxylation sites is 2. The Balaban J connectivity index is 2.69. The monoisotopic (exact) mass is 192 g/mol. The molecule has 2 aromatic rings. The summed E-state index contributed by atoms with van der Waals surface area (Å²) in [4.78, 5) is 18.5. The van der Waals surface area contributed by atoms with Crippen LogP contribution in [0, 0.1) is 0 Å². The van der Waals surface area contributed by atoms with Gasteiger partial charge in [-0.05, 0) is 12.1 Å². The zero-order valence-electron chi connectivity index (χ0n) is 6.54. The first-order chi connectivity index (χ1) is 6.27. The van der Waals surface area contributed by atoms with Crippen molar-refractivity contribution >= 4 is 24.5 Å². The summed E-state index contributed by atoms with van der Waals surface area (Å²) < 4.78 is 10.6. The van der Waals surface area contributed by atoms with E-state index < -0.39 is 8.03 Å². The lowest BCUT2D eigenvalue weighted by Gasteiger charge is -1.94. The molecule has 0 bridgehead atoms. The van der Waals surface area contributed by atoms with E-state index >= 15 is 0 Å². The van der Waals surface area contributed by atoms with Gasteiger partial charge in [-0.15, -0.1) is 0 Å². The predicted octanol–water partition coefficient (Wildman–Crippen LogP) is 0.358. The van der Waals surface area contributed by atoms with Crippen molar-refractivity contribution in [2.75, 3.05) is 0 Å². The van der Waals surface area contributed by atoms with Crippen LogP contribution < -0.4 is 10.3 Å². The van der Waals surface area contributed by atoms with E-state index in [9.17, 15) is 9.46 Å². The summed E-state index contributed by atoms with van der Waals surface area (Å²) in [6.07, 6.45) is 1.26. The highest BCUT2D eigenvalue weighted by atomic mass is 31.1. The smallest absolute Gasteiger partial charge is 0.371 e. The van der Waals surface area contributed by atoms with Crippen molar-refractivity contribution in [1.82, 2.24) is 9.97 Å². The third-order valence-corrected chi connectivity index (χ3v) is 2.21. The number of nitrogens with zero attached hydrogens (tertiary/aromatic N) is 2. The molecule has 0 aliphatic carbocycles. The minimum absolute atomic E-state index is 0.00806. The molecule has 5 heteroatoms. The van der Waals surface area contributed by atoms with Gasteiger partial charge in [0.05, 0.1) is 11.0 Å². The molecule has 4 nitrogen and oxygen atoms in total. The SMILES string of the molecule is O=[P+]([O-])c1cnc2ccccc2n1. The van der Waals surface area contributed by atoms with Crippen molar-refractivity contribution in [2.24, 2.45) is 0 Å². The Hall–Kier alpha value is -1.38. The highest BCUT2D eigenvalue weighted by molar-refractivity contribution is 7.45. The number of hydrogen-bond acceptors (Lipinski definition) is 4. The van der Waals surface area contributed by atoms with Gasteiger partial charge in [-0.1, -0.05) is 16.7 Å². The van der Waals surface area contributed by atoms with E-state index in [-0.39, 0.29) is 5.44 Å². The van der Waals surface area contributed by atoms with Crippen LogP contribution in [0.4, 0.5) is 0 Å². The minimum Gasteiger partial charge on any atom is -0.589 e. The fourth-order valence-corrected chi connectivity index (χ4v) is 1.38. The molecule has 13 heavy (non-hydrogen) atoms. The average Bonchev–Trinajstić information content (AvgIpc) is 2.17. The third-order valence-electron chi connectivity index (χ3n) is 1.62. The van der Waals surface area contributed by atoms with Gasteiger partial charge in [-0.2, -0.15) is 0 Å². The van der Waals surface area contributed by atoms with Crippen LogP contribution in [0.5, 0.6) is 0 Å². The first-order valence-electron chi connectivity index (χ1n) is 3.63. The second-order valence-electron chi connectivity index (χ2n) is 2.47. The summed E-state index contributed by atoms with van der Waals surface area (Å²) in [7, 11) is -2.64. The standard InChI is InChI=1S/C8H5N2O2P/c11-13(12)8-5-9-6-3-1-2-4-7(6)10-8/h1-5H. The first kappa shape index (κ1) is 8.23. The quantitative estimate of drug-likeness (QED) is 0.611. The van der Waals surface area contributed by atoms with E-state index in [1.165, 1.54) is 6.20 Å². The van der Waals surface area contributed by atoms with Crippen LogP contribution in [-0.4, -0.2) is 9.97 Å². The molecule has 0 saturated heterocycles. The van der Waals surface area contributed by atoms with Crippen molar-refractivity contribution in [2.45, 2.75) is 0 Å². The minimum atomic E-state index is -2.64. The van der Waals surface area contributed by atoms with Gasteiger partial charge in [0, 0.05) is 0 Å². The predicted molar refractivity (Wildman–Crippen MR) is 46.8 cm³/mol. The van der Waals surface area contributed by atoms with Crippen molar-refractivity contribution in [1.29, 1.82) is 0 Å². The molecule has 0 radical (unpaired) electrons. The van der Waals surface area contributed by atoms with Crippen LogP contribution in [0.15, 0.2) is 30.5 Å². The molecule has 64 valence electrons. The maximum atomic E-state index is 10.6. The Morgan fingerprint density at radius 3 is 2.62 bits per heavy atom. The van der Waals surface area contributed by atoms with Gasteiger partial charge in [-0.25, -0.2) is 9.97 Å². The van der Waals surface area contributed by atoms with Crippen molar-refractivity contribution < 1.29 is 9.46 Å². The molecular formula is C8H5N2O2P. The largest absolute Gasteiger partial charge is 0.589 e. The summed E-state index contributed by atoms with van der Waals surface area (Å²) in [5, 5.41) is 0. The molecule has 1 atom stereocenters. The molecule has 0 amide bonds. The number of fused-ring (bicyclic) bond motifs is 1. The van der Waals surface area contributed by atoms with E-state index in [1.54, 1.807) is 18.2 Å². The summed E-state index contributed by atoms with van der Waals surface area (Å²) in [6, 6.07) is 7.13. The summed E-state index contributed by atoms with van der Waals surface area (Å²) in [6.45, 7) is 0. The maximum Gasteiger partial charge on any atom is 0.371 e. The average molecular weight is 192 g/mol. The van der Waals surface area contributed by atoms with Crippen molar-refractivity contribution in [3.05, 3.63) is 30.5 Å². The Labute approximate surface area is 75.1 Å². The topological polar surface area (TPSA) is 65.9 Å². The Bertz CT molecular complexity index is 472. The number of hydrogen-bond donors (Lipinski definition) is 0. The summed E-state index contributed by atoms with van der Waals surface area (Å²) >= 11 is 0. The lowest BCUT2D eigenvalue weighted by Crippen LogP contribution is -2.09. The van der Waals surface area contributed by atoms with Gasteiger partial charge < -0.3 is 4.89 Å². The normalized spacial score (nSPS) is 11.6. The fourth-order valence-electron chi connectivity index (χ4n) is 1.04. The highest BCUT2D eigenvalue weighted by Crippen LogP contribution is 2.09. The fraction of sp³-hybridized carbons (Fsp3) is 0. The molecule has 0 N–H and O–H groups in total. The zero-order valence-corrected chi connectivity index (χ0v) is 7.44. The molecule has 1 aromatic heterocycles. The van der Waals surface area contributed by atoms with E-state index in [0.29, 0.717) is 11.0 Å². The van der Waals surface area contributed by atoms with Gasteiger partial charge >= 0.3 is 8.03 Å². The first-order valence-corrected chi connectivity index (χ1v) is 4.81. The zero-order chi connectivity index (χ0) is 9.26. The maximum absolute atomic E-state index is 10.6. The Morgan fingerprint density at radius 1 is 1.23 bits per heavy atom. The molecule has 1 aromatic carbocycles. The third kappa shape index (κ3) is 1.54. The molecule has 0 aliphatic heterocycles. The second-order valence-corrected chi connectivity index (χ2v) is 3.45. The summed E-state index contributed by atoms with van der Waals surface area (Å²) in [5.74, 6) is 0. The van der Waals surface area contributed by atoms with E-state index in [2.05, 4.69) is 9.97 Å². The molecule has 0 saturated carbocycles. The molecule has 1 unspecified atom stereocenters. The van der Waals surface area contributed by atoms with Gasteiger partial charge in [-0.3, -0.25) is 0 Å². The Kier molecular flexibility index (Phi) is 2.00. The van der Waals surface area contributed by atoms with Crippen molar-refractivity contribution in [3.63, 3.8) is 0 Å². The van der Waals surface area contributed by atoms with Crippen LogP contribution >= 0.6 is 8.03 Å². The van der Waals surface area contributed by atoms with Gasteiger partial charge in [0.15, 0.2) is 0 Å². The van der Waals surface area contributed by atoms with E-state index in [0.717, 1.165) is 0 Å². The van der Waals surface area contributed by atoms with Crippen LogP contribution in [0.3, 0.4) is 0 Å². The van der Waals surface area contributed by atoms with Crippen LogP contribution in [-0.2, 0) is 4.57 Å². The van der Waals surface area contributed by atoms with Gasteiger partial charge in [0.1, 0.15) is 6.20 Å². The van der Waals surface area contributed by atoms with Gasteiger partial charge in [0.2, 0.25) is 0 Å². The second kappa shape index (κ2) is 3.17. The van der Waals surface area contributed by atoms with Crippen molar-refractivity contribution in [3.8, 4) is 0 Å². The molecule has 0 fully saturated rings. The molecule has 0 aliphatic rings. The Morgan fingerprint density at radius 2 is 1.92 bits per heavy atom. The lowest BCUT2D eigenvalue weighted by molar-refractivity contribution is -0.160. The molecule has 0 spiro atoms. The van der Waals surface area contributed by atoms with Crippen LogP contribution in [0.25, 0.3) is 11.0 Å². The summed E-state index contributed by atoms with van der Waals surface area (Å²) in [5.41, 5.74) is 1.30. The molecular weight excluding hydrogens is 187 g/mol. The number of benzene rings is 1. The van der Waals surface area contributed by atoms with E-state index in [4.69, 9.17) is 0 Å². The highest BCUT2D eigenvalue weighted by Gasteiger charge is 2.09. The van der Waals surface area contributed by atoms with E-state index in [1.807, 2.05) is 6.07 Å². The van der Waals surface area contributed by atoms with Gasteiger partial charge in [0.25, 0.3) is 5.44 Å². The van der Waals surface area contributed by atoms with Crippen LogP contribution in [0.2, 0.25) is 0 Å².